The summed E-state index contributed by atoms with van der Waals surface area (Å²) in [5, 5.41) is 22.9. The average Bonchev–Trinajstić information content (AvgIpc) is 3.38. The van der Waals surface area contributed by atoms with E-state index >= 15 is 0 Å². The molecule has 180 valence electrons. The zero-order valence-corrected chi connectivity index (χ0v) is 20.4. The molecule has 2 aromatic heterocycles. The van der Waals surface area contributed by atoms with Crippen molar-refractivity contribution < 1.29 is 22.5 Å². The van der Waals surface area contributed by atoms with E-state index in [-0.39, 0.29) is 24.1 Å². The monoisotopic (exact) mass is 549 g/mol. The maximum atomic E-state index is 13.2. The van der Waals surface area contributed by atoms with Crippen molar-refractivity contribution in [1.82, 2.24) is 14.8 Å². The molecular weight excluding hydrogens is 526 g/mol. The van der Waals surface area contributed by atoms with Crippen LogP contribution in [0.3, 0.4) is 0 Å². The van der Waals surface area contributed by atoms with Gasteiger partial charge in [-0.2, -0.15) is 13.5 Å². The molecule has 1 fully saturated rings. The van der Waals surface area contributed by atoms with Crippen LogP contribution in [-0.2, 0) is 21.0 Å². The minimum atomic E-state index is -4.08. The number of carbonyl (C=O) groups excluding carboxylic acids is 1. The number of halogens is 1. The molecule has 0 amide bonds. The number of pyridine rings is 1. The Balaban J connectivity index is 1.44. The molecule has 3 aromatic rings. The summed E-state index contributed by atoms with van der Waals surface area (Å²) in [4.78, 5) is 17.3. The van der Waals surface area contributed by atoms with Gasteiger partial charge in [0.15, 0.2) is 0 Å². The highest BCUT2D eigenvalue weighted by Crippen LogP contribution is 2.30. The number of hydrogen-bond donors (Lipinski definition) is 3. The smallest absolute Gasteiger partial charge is 0.333 e. The summed E-state index contributed by atoms with van der Waals surface area (Å²) < 4.78 is 29.4. The number of ketones is 1. The standard InChI is InChI=1S/C22H24BrN5O5S/c23-16-3-1-2-14(8-16)12-28-7-5-20(27-28)22(30)18-11-25-6-4-19(18)26-17-9-15(21(29)10-17)13-33-34(24,31)32/h1-8,11,15,17,21,29H,9-10,12-13H2,(H,25,26)(H2,24,31,32)/t15-,17-,21+/m1/s1. The Morgan fingerprint density at radius 3 is 2.88 bits per heavy atom. The van der Waals surface area contributed by atoms with Gasteiger partial charge >= 0.3 is 10.3 Å². The van der Waals surface area contributed by atoms with E-state index in [0.717, 1.165) is 10.0 Å². The van der Waals surface area contributed by atoms with Crippen LogP contribution in [0, 0.1) is 5.92 Å². The Kier molecular flexibility index (Phi) is 7.43. The molecule has 0 aliphatic heterocycles. The number of aliphatic hydroxyl groups excluding tert-OH is 1. The van der Waals surface area contributed by atoms with Crippen LogP contribution in [-0.4, -0.2) is 52.8 Å². The number of nitrogens with one attached hydrogen (secondary N) is 1. The van der Waals surface area contributed by atoms with Gasteiger partial charge in [0.05, 0.1) is 24.8 Å². The Hall–Kier alpha value is -2.64. The number of nitrogens with two attached hydrogens (primary N) is 1. The third-order valence-corrected chi connectivity index (χ3v) is 6.59. The lowest BCUT2D eigenvalue weighted by Gasteiger charge is -2.16. The van der Waals surface area contributed by atoms with Crippen molar-refractivity contribution in [3.63, 3.8) is 0 Å². The summed E-state index contributed by atoms with van der Waals surface area (Å²) in [5.74, 6) is -0.679. The van der Waals surface area contributed by atoms with Gasteiger partial charge in [0.25, 0.3) is 0 Å². The fourth-order valence-corrected chi connectivity index (χ4v) is 4.85. The number of anilines is 1. The van der Waals surface area contributed by atoms with E-state index in [9.17, 15) is 18.3 Å². The van der Waals surface area contributed by atoms with Crippen molar-refractivity contribution in [1.29, 1.82) is 0 Å². The number of aliphatic hydroxyl groups is 1. The first-order valence-electron chi connectivity index (χ1n) is 10.6. The van der Waals surface area contributed by atoms with Crippen molar-refractivity contribution in [3.05, 3.63) is 76.3 Å². The predicted octanol–water partition coefficient (Wildman–Crippen LogP) is 2.09. The number of rotatable bonds is 9. The largest absolute Gasteiger partial charge is 0.393 e. The van der Waals surface area contributed by atoms with E-state index in [1.54, 1.807) is 29.2 Å². The number of carbonyl (C=O) groups is 1. The number of hydrogen-bond acceptors (Lipinski definition) is 8. The second kappa shape index (κ2) is 10.3. The number of benzene rings is 1. The van der Waals surface area contributed by atoms with Gasteiger partial charge < -0.3 is 10.4 Å². The Morgan fingerprint density at radius 2 is 2.12 bits per heavy atom. The quantitative estimate of drug-likeness (QED) is 0.343. The molecule has 1 saturated carbocycles. The highest BCUT2D eigenvalue weighted by Gasteiger charge is 2.34. The zero-order chi connectivity index (χ0) is 24.3. The van der Waals surface area contributed by atoms with Gasteiger partial charge in [-0.1, -0.05) is 28.1 Å². The summed E-state index contributed by atoms with van der Waals surface area (Å²) >= 11 is 3.45. The van der Waals surface area contributed by atoms with Gasteiger partial charge in [0.1, 0.15) is 5.69 Å². The minimum Gasteiger partial charge on any atom is -0.393 e. The van der Waals surface area contributed by atoms with E-state index in [4.69, 9.17) is 5.14 Å². The van der Waals surface area contributed by atoms with Gasteiger partial charge in [-0.3, -0.25) is 18.6 Å². The lowest BCUT2D eigenvalue weighted by Crippen LogP contribution is -2.24. The molecule has 0 spiro atoms. The van der Waals surface area contributed by atoms with Crippen LogP contribution >= 0.6 is 15.9 Å². The topological polar surface area (TPSA) is 149 Å². The molecule has 0 saturated heterocycles. The molecule has 3 atom stereocenters. The van der Waals surface area contributed by atoms with Crippen LogP contribution in [0.1, 0.15) is 34.5 Å². The molecule has 1 aliphatic rings. The van der Waals surface area contributed by atoms with Crippen LogP contribution in [0.2, 0.25) is 0 Å². The van der Waals surface area contributed by atoms with E-state index in [1.165, 1.54) is 6.20 Å². The SMILES string of the molecule is NS(=O)(=O)OC[C@H]1C[C@@H](Nc2ccncc2C(=O)c2ccn(Cc3cccc(Br)c3)n2)C[C@@H]1O. The molecule has 34 heavy (non-hydrogen) atoms. The Bertz CT molecular complexity index is 1280. The van der Waals surface area contributed by atoms with Gasteiger partial charge in [-0.05, 0) is 42.7 Å². The van der Waals surface area contributed by atoms with Gasteiger partial charge in [0.2, 0.25) is 5.78 Å². The zero-order valence-electron chi connectivity index (χ0n) is 18.0. The minimum absolute atomic E-state index is 0.188. The molecule has 0 radical (unpaired) electrons. The molecular formula is C22H24BrN5O5S. The maximum absolute atomic E-state index is 13.2. The average molecular weight is 550 g/mol. The molecule has 4 rings (SSSR count). The fourth-order valence-electron chi connectivity index (χ4n) is 4.03. The summed E-state index contributed by atoms with van der Waals surface area (Å²) in [6.45, 7) is 0.322. The van der Waals surface area contributed by atoms with Gasteiger partial charge in [-0.15, -0.1) is 0 Å². The summed E-state index contributed by atoms with van der Waals surface area (Å²) in [6, 6.07) is 11.0. The first-order chi connectivity index (χ1) is 16.2. The normalized spacial score (nSPS) is 20.4. The van der Waals surface area contributed by atoms with Gasteiger partial charge in [-0.25, -0.2) is 5.14 Å². The van der Waals surface area contributed by atoms with E-state index in [0.29, 0.717) is 30.6 Å². The van der Waals surface area contributed by atoms with Crippen LogP contribution in [0.5, 0.6) is 0 Å². The highest BCUT2D eigenvalue weighted by atomic mass is 79.9. The van der Waals surface area contributed by atoms with Crippen molar-refractivity contribution in [3.8, 4) is 0 Å². The van der Waals surface area contributed by atoms with Crippen molar-refractivity contribution in [2.45, 2.75) is 31.5 Å². The van der Waals surface area contributed by atoms with E-state index < -0.39 is 22.3 Å². The van der Waals surface area contributed by atoms with E-state index in [2.05, 4.69) is 35.5 Å². The summed E-state index contributed by atoms with van der Waals surface area (Å²) in [6.07, 6.45) is 4.86. The lowest BCUT2D eigenvalue weighted by atomic mass is 10.1. The third kappa shape index (κ3) is 6.27. The predicted molar refractivity (Wildman–Crippen MR) is 128 cm³/mol. The molecule has 0 unspecified atom stereocenters. The third-order valence-electron chi connectivity index (χ3n) is 5.64. The maximum Gasteiger partial charge on any atom is 0.333 e. The van der Waals surface area contributed by atoms with Crippen LogP contribution in [0.4, 0.5) is 5.69 Å². The fraction of sp³-hybridized carbons (Fsp3) is 0.318. The molecule has 0 bridgehead atoms. The Labute approximate surface area is 205 Å². The van der Waals surface area contributed by atoms with E-state index in [1.807, 2.05) is 24.3 Å². The van der Waals surface area contributed by atoms with Crippen molar-refractivity contribution in [2.24, 2.45) is 11.1 Å². The summed E-state index contributed by atoms with van der Waals surface area (Å²) in [7, 11) is -4.08. The Morgan fingerprint density at radius 1 is 1.29 bits per heavy atom. The van der Waals surface area contributed by atoms with Crippen molar-refractivity contribution in [2.75, 3.05) is 11.9 Å². The first-order valence-corrected chi connectivity index (χ1v) is 12.8. The lowest BCUT2D eigenvalue weighted by molar-refractivity contribution is 0.101. The second-order valence-electron chi connectivity index (χ2n) is 8.20. The highest BCUT2D eigenvalue weighted by molar-refractivity contribution is 9.10. The molecule has 1 aromatic carbocycles. The van der Waals surface area contributed by atoms with Crippen LogP contribution < -0.4 is 10.5 Å². The number of nitrogens with zero attached hydrogens (tertiary/aromatic N) is 3. The molecule has 4 N–H and O–H groups in total. The first kappa shape index (κ1) is 24.5. The second-order valence-corrected chi connectivity index (χ2v) is 10.3. The van der Waals surface area contributed by atoms with Crippen LogP contribution in [0.15, 0.2) is 59.5 Å². The number of aromatic nitrogens is 3. The summed E-state index contributed by atoms with van der Waals surface area (Å²) in [5.41, 5.74) is 2.25. The molecule has 12 heteroatoms. The van der Waals surface area contributed by atoms with Crippen LogP contribution in [0.25, 0.3) is 0 Å². The van der Waals surface area contributed by atoms with Crippen molar-refractivity contribution >= 4 is 37.7 Å². The van der Waals surface area contributed by atoms with Gasteiger partial charge in [0, 0.05) is 40.7 Å². The molecule has 10 nitrogen and oxygen atoms in total. The molecule has 2 heterocycles. The molecule has 1 aliphatic carbocycles.